The molecule has 0 spiro atoms. The lowest BCUT2D eigenvalue weighted by Crippen LogP contribution is -2.28. The van der Waals surface area contributed by atoms with Crippen molar-refractivity contribution in [2.24, 2.45) is 5.73 Å². The zero-order chi connectivity index (χ0) is 10.7. The Balaban J connectivity index is 0.00000128. The monoisotopic (exact) mass is 240 g/mol. The SMILES string of the molecule is Cl.NC(=O)c1ccc([C@H]2CCCNC2)cc1. The number of hydrogen-bond donors (Lipinski definition) is 2. The first-order valence-corrected chi connectivity index (χ1v) is 5.38. The third kappa shape index (κ3) is 2.97. The number of benzene rings is 1. The summed E-state index contributed by atoms with van der Waals surface area (Å²) in [5.74, 6) is 0.226. The van der Waals surface area contributed by atoms with E-state index >= 15 is 0 Å². The van der Waals surface area contributed by atoms with Gasteiger partial charge in [-0.05, 0) is 43.0 Å². The van der Waals surface area contributed by atoms with Gasteiger partial charge in [-0.25, -0.2) is 0 Å². The minimum atomic E-state index is -0.358. The average Bonchev–Trinajstić information content (AvgIpc) is 2.30. The van der Waals surface area contributed by atoms with Gasteiger partial charge in [0.2, 0.25) is 5.91 Å². The molecule has 1 saturated heterocycles. The van der Waals surface area contributed by atoms with E-state index in [1.54, 1.807) is 0 Å². The zero-order valence-corrected chi connectivity index (χ0v) is 9.93. The maximum absolute atomic E-state index is 10.9. The summed E-state index contributed by atoms with van der Waals surface area (Å²) in [6.45, 7) is 2.16. The Bertz CT molecular complexity index is 345. The van der Waals surface area contributed by atoms with E-state index in [2.05, 4.69) is 5.32 Å². The first-order valence-electron chi connectivity index (χ1n) is 5.38. The highest BCUT2D eigenvalue weighted by Crippen LogP contribution is 2.23. The summed E-state index contributed by atoms with van der Waals surface area (Å²) in [5, 5.41) is 3.38. The van der Waals surface area contributed by atoms with Crippen molar-refractivity contribution < 1.29 is 4.79 Å². The van der Waals surface area contributed by atoms with Gasteiger partial charge >= 0.3 is 0 Å². The Kier molecular flexibility index (Phi) is 4.77. The van der Waals surface area contributed by atoms with Crippen molar-refractivity contribution in [1.29, 1.82) is 0 Å². The number of rotatable bonds is 2. The Morgan fingerprint density at radius 2 is 2.00 bits per heavy atom. The van der Waals surface area contributed by atoms with Crippen molar-refractivity contribution in [3.05, 3.63) is 35.4 Å². The number of nitrogens with one attached hydrogen (secondary N) is 1. The number of hydrogen-bond acceptors (Lipinski definition) is 2. The van der Waals surface area contributed by atoms with Gasteiger partial charge in [-0.1, -0.05) is 12.1 Å². The molecule has 1 aromatic carbocycles. The van der Waals surface area contributed by atoms with E-state index in [4.69, 9.17) is 5.73 Å². The summed E-state index contributed by atoms with van der Waals surface area (Å²) >= 11 is 0. The fourth-order valence-corrected chi connectivity index (χ4v) is 2.06. The molecule has 1 aromatic rings. The second-order valence-electron chi connectivity index (χ2n) is 4.03. The zero-order valence-electron chi connectivity index (χ0n) is 9.11. The molecule has 1 atom stereocenters. The molecule has 1 amide bonds. The molecule has 3 N–H and O–H groups in total. The minimum Gasteiger partial charge on any atom is -0.366 e. The maximum atomic E-state index is 10.9. The lowest BCUT2D eigenvalue weighted by atomic mass is 9.91. The van der Waals surface area contributed by atoms with E-state index in [9.17, 15) is 4.79 Å². The molecule has 0 bridgehead atoms. The molecule has 4 heteroatoms. The lowest BCUT2D eigenvalue weighted by Gasteiger charge is -2.23. The van der Waals surface area contributed by atoms with E-state index in [1.807, 2.05) is 24.3 Å². The number of nitrogens with two attached hydrogens (primary N) is 1. The highest BCUT2D eigenvalue weighted by molar-refractivity contribution is 5.92. The van der Waals surface area contributed by atoms with Crippen molar-refractivity contribution in [2.45, 2.75) is 18.8 Å². The number of carbonyl (C=O) groups excluding carboxylic acids is 1. The Morgan fingerprint density at radius 3 is 2.50 bits per heavy atom. The molecular formula is C12H17ClN2O. The van der Waals surface area contributed by atoms with E-state index < -0.39 is 0 Å². The van der Waals surface area contributed by atoms with Crippen molar-refractivity contribution in [2.75, 3.05) is 13.1 Å². The molecule has 0 saturated carbocycles. The smallest absolute Gasteiger partial charge is 0.248 e. The summed E-state index contributed by atoms with van der Waals surface area (Å²) < 4.78 is 0. The second kappa shape index (κ2) is 5.87. The highest BCUT2D eigenvalue weighted by atomic mass is 35.5. The van der Waals surface area contributed by atoms with Crippen LogP contribution >= 0.6 is 12.4 Å². The van der Waals surface area contributed by atoms with E-state index in [0.717, 1.165) is 13.1 Å². The van der Waals surface area contributed by atoms with E-state index in [1.165, 1.54) is 18.4 Å². The van der Waals surface area contributed by atoms with Crippen molar-refractivity contribution in [3.63, 3.8) is 0 Å². The summed E-state index contributed by atoms with van der Waals surface area (Å²) in [4.78, 5) is 10.9. The maximum Gasteiger partial charge on any atom is 0.248 e. The van der Waals surface area contributed by atoms with Crippen LogP contribution in [0.15, 0.2) is 24.3 Å². The van der Waals surface area contributed by atoms with Gasteiger partial charge in [-0.2, -0.15) is 0 Å². The van der Waals surface area contributed by atoms with Crippen LogP contribution in [0.25, 0.3) is 0 Å². The van der Waals surface area contributed by atoms with Crippen molar-refractivity contribution >= 4 is 18.3 Å². The summed E-state index contributed by atoms with van der Waals surface area (Å²) in [7, 11) is 0. The van der Waals surface area contributed by atoms with Gasteiger partial charge in [-0.15, -0.1) is 12.4 Å². The largest absolute Gasteiger partial charge is 0.366 e. The predicted molar refractivity (Wildman–Crippen MR) is 67.1 cm³/mol. The van der Waals surface area contributed by atoms with Crippen LogP contribution in [-0.2, 0) is 0 Å². The minimum absolute atomic E-state index is 0. The standard InChI is InChI=1S/C12H16N2O.ClH/c13-12(15)10-5-3-9(4-6-10)11-2-1-7-14-8-11;/h3-6,11,14H,1-2,7-8H2,(H2,13,15);1H/t11-;/m0./s1. The van der Waals surface area contributed by atoms with E-state index in [0.29, 0.717) is 11.5 Å². The first kappa shape index (κ1) is 13.0. The number of piperidine rings is 1. The first-order chi connectivity index (χ1) is 7.27. The van der Waals surface area contributed by atoms with Crippen LogP contribution in [0, 0.1) is 0 Å². The van der Waals surface area contributed by atoms with Crippen LogP contribution in [0.5, 0.6) is 0 Å². The second-order valence-corrected chi connectivity index (χ2v) is 4.03. The number of primary amides is 1. The third-order valence-electron chi connectivity index (χ3n) is 2.96. The molecule has 0 aliphatic carbocycles. The molecule has 16 heavy (non-hydrogen) atoms. The Labute approximate surface area is 102 Å². The van der Waals surface area contributed by atoms with Gasteiger partial charge in [0.25, 0.3) is 0 Å². The van der Waals surface area contributed by atoms with Crippen molar-refractivity contribution in [1.82, 2.24) is 5.32 Å². The number of carbonyl (C=O) groups is 1. The molecule has 2 rings (SSSR count). The fraction of sp³-hybridized carbons (Fsp3) is 0.417. The van der Waals surface area contributed by atoms with Crippen LogP contribution in [-0.4, -0.2) is 19.0 Å². The topological polar surface area (TPSA) is 55.1 Å². The molecule has 88 valence electrons. The van der Waals surface area contributed by atoms with Crippen LogP contribution < -0.4 is 11.1 Å². The molecule has 0 radical (unpaired) electrons. The van der Waals surface area contributed by atoms with Crippen LogP contribution in [0.2, 0.25) is 0 Å². The van der Waals surface area contributed by atoms with Crippen molar-refractivity contribution in [3.8, 4) is 0 Å². The number of halogens is 1. The molecular weight excluding hydrogens is 224 g/mol. The average molecular weight is 241 g/mol. The van der Waals surface area contributed by atoms with Gasteiger partial charge in [0, 0.05) is 12.1 Å². The molecule has 0 unspecified atom stereocenters. The van der Waals surface area contributed by atoms with E-state index in [-0.39, 0.29) is 18.3 Å². The molecule has 1 heterocycles. The fourth-order valence-electron chi connectivity index (χ4n) is 2.06. The quantitative estimate of drug-likeness (QED) is 0.827. The normalized spacial score (nSPS) is 19.9. The van der Waals surface area contributed by atoms with Gasteiger partial charge in [0.15, 0.2) is 0 Å². The summed E-state index contributed by atoms with van der Waals surface area (Å²) in [6.07, 6.45) is 2.45. The van der Waals surface area contributed by atoms with Gasteiger partial charge in [0.05, 0.1) is 0 Å². The molecule has 1 aliphatic heterocycles. The predicted octanol–water partition coefficient (Wildman–Crippen LogP) is 1.67. The molecule has 3 nitrogen and oxygen atoms in total. The third-order valence-corrected chi connectivity index (χ3v) is 2.96. The lowest BCUT2D eigenvalue weighted by molar-refractivity contribution is 0.100. The molecule has 1 aliphatic rings. The van der Waals surface area contributed by atoms with Crippen LogP contribution in [0.3, 0.4) is 0 Å². The van der Waals surface area contributed by atoms with Crippen LogP contribution in [0.1, 0.15) is 34.7 Å². The summed E-state index contributed by atoms with van der Waals surface area (Å²) in [5.41, 5.74) is 7.08. The highest BCUT2D eigenvalue weighted by Gasteiger charge is 2.14. The Morgan fingerprint density at radius 1 is 1.31 bits per heavy atom. The summed E-state index contributed by atoms with van der Waals surface area (Å²) in [6, 6.07) is 7.65. The number of amides is 1. The molecule has 1 fully saturated rings. The van der Waals surface area contributed by atoms with Gasteiger partial charge in [-0.3, -0.25) is 4.79 Å². The Hall–Kier alpha value is -1.06. The van der Waals surface area contributed by atoms with Gasteiger partial charge < -0.3 is 11.1 Å². The van der Waals surface area contributed by atoms with Crippen LogP contribution in [0.4, 0.5) is 0 Å². The van der Waals surface area contributed by atoms with Gasteiger partial charge in [0.1, 0.15) is 0 Å². The molecule has 0 aromatic heterocycles.